The van der Waals surface area contributed by atoms with Gasteiger partial charge in [0.1, 0.15) is 11.5 Å². The van der Waals surface area contributed by atoms with Crippen LogP contribution in [0.15, 0.2) is 44.0 Å². The van der Waals surface area contributed by atoms with E-state index < -0.39 is 0 Å². The van der Waals surface area contributed by atoms with E-state index in [-0.39, 0.29) is 6.04 Å². The Labute approximate surface area is 96.6 Å². The average molecular weight is 270 g/mol. The summed E-state index contributed by atoms with van der Waals surface area (Å²) in [5.74, 6) is 1.83. The van der Waals surface area contributed by atoms with Gasteiger partial charge in [0.2, 0.25) is 0 Å². The minimum atomic E-state index is 0.178. The van der Waals surface area contributed by atoms with E-state index in [2.05, 4.69) is 28.2 Å². The molecule has 2 rings (SSSR count). The molecule has 15 heavy (non-hydrogen) atoms. The summed E-state index contributed by atoms with van der Waals surface area (Å²) in [7, 11) is 0. The van der Waals surface area contributed by atoms with Crippen molar-refractivity contribution in [1.82, 2.24) is 5.32 Å². The fourth-order valence-corrected chi connectivity index (χ4v) is 1.68. The van der Waals surface area contributed by atoms with Crippen molar-refractivity contribution in [1.29, 1.82) is 0 Å². The maximum absolute atomic E-state index is 5.29. The number of hydrogen-bond acceptors (Lipinski definition) is 3. The third-order valence-corrected chi connectivity index (χ3v) is 2.94. The van der Waals surface area contributed by atoms with Gasteiger partial charge in [-0.2, -0.15) is 0 Å². The van der Waals surface area contributed by atoms with Crippen molar-refractivity contribution in [2.75, 3.05) is 0 Å². The molecule has 1 N–H and O–H groups in total. The third kappa shape index (κ3) is 2.52. The molecule has 2 heterocycles. The predicted molar refractivity (Wildman–Crippen MR) is 60.4 cm³/mol. The van der Waals surface area contributed by atoms with Gasteiger partial charge in [-0.1, -0.05) is 0 Å². The molecule has 0 aliphatic rings. The highest BCUT2D eigenvalue weighted by Gasteiger charge is 2.09. The first kappa shape index (κ1) is 10.5. The second-order valence-electron chi connectivity index (χ2n) is 3.31. The van der Waals surface area contributed by atoms with Crippen molar-refractivity contribution in [3.63, 3.8) is 0 Å². The molecule has 0 radical (unpaired) electrons. The highest BCUT2D eigenvalue weighted by Crippen LogP contribution is 2.19. The van der Waals surface area contributed by atoms with Crippen LogP contribution in [0.25, 0.3) is 0 Å². The Morgan fingerprint density at radius 3 is 2.80 bits per heavy atom. The number of nitrogens with one attached hydrogen (secondary N) is 1. The van der Waals surface area contributed by atoms with Gasteiger partial charge in [0.15, 0.2) is 0 Å². The molecular weight excluding hydrogens is 258 g/mol. The Hall–Kier alpha value is -1.00. The Balaban J connectivity index is 1.91. The molecule has 2 aromatic rings. The van der Waals surface area contributed by atoms with Gasteiger partial charge in [0, 0.05) is 0 Å². The molecule has 0 aromatic carbocycles. The van der Waals surface area contributed by atoms with Crippen LogP contribution in [-0.2, 0) is 6.54 Å². The quantitative estimate of drug-likeness (QED) is 0.924. The Kier molecular flexibility index (Phi) is 3.28. The van der Waals surface area contributed by atoms with Crippen LogP contribution >= 0.6 is 15.9 Å². The standard InChI is InChI=1S/C11H12BrNO2/c1-8(10-3-2-5-14-10)13-7-11-9(12)4-6-15-11/h2-6,8,13H,7H2,1H3/t8-/m0/s1. The monoisotopic (exact) mass is 269 g/mol. The van der Waals surface area contributed by atoms with E-state index in [1.165, 1.54) is 0 Å². The lowest BCUT2D eigenvalue weighted by molar-refractivity contribution is 0.406. The molecule has 0 aliphatic heterocycles. The van der Waals surface area contributed by atoms with Crippen LogP contribution in [-0.4, -0.2) is 0 Å². The molecule has 2 aromatic heterocycles. The zero-order chi connectivity index (χ0) is 10.7. The number of rotatable bonds is 4. The van der Waals surface area contributed by atoms with E-state index in [4.69, 9.17) is 8.83 Å². The molecule has 3 nitrogen and oxygen atoms in total. The fourth-order valence-electron chi connectivity index (χ4n) is 1.34. The normalized spacial score (nSPS) is 12.9. The molecule has 0 fully saturated rings. The lowest BCUT2D eigenvalue weighted by Crippen LogP contribution is -2.17. The Bertz CT molecular complexity index is 408. The summed E-state index contributed by atoms with van der Waals surface area (Å²) in [5, 5.41) is 3.31. The zero-order valence-electron chi connectivity index (χ0n) is 8.37. The lowest BCUT2D eigenvalue weighted by Gasteiger charge is -2.09. The smallest absolute Gasteiger partial charge is 0.131 e. The molecule has 0 aliphatic carbocycles. The first-order valence-corrected chi connectivity index (χ1v) is 5.55. The first-order chi connectivity index (χ1) is 7.27. The minimum absolute atomic E-state index is 0.178. The van der Waals surface area contributed by atoms with E-state index in [9.17, 15) is 0 Å². The maximum Gasteiger partial charge on any atom is 0.131 e. The Morgan fingerprint density at radius 1 is 1.33 bits per heavy atom. The average Bonchev–Trinajstić information content (AvgIpc) is 2.85. The van der Waals surface area contributed by atoms with E-state index in [0.29, 0.717) is 6.54 Å². The van der Waals surface area contributed by atoms with E-state index in [1.807, 2.05) is 18.2 Å². The van der Waals surface area contributed by atoms with E-state index in [0.717, 1.165) is 16.0 Å². The lowest BCUT2D eigenvalue weighted by atomic mass is 10.2. The van der Waals surface area contributed by atoms with Gasteiger partial charge in [-0.25, -0.2) is 0 Å². The van der Waals surface area contributed by atoms with E-state index >= 15 is 0 Å². The predicted octanol–water partition coefficient (Wildman–Crippen LogP) is 3.49. The molecular formula is C11H12BrNO2. The highest BCUT2D eigenvalue weighted by molar-refractivity contribution is 9.10. The van der Waals surface area contributed by atoms with Gasteiger partial charge in [-0.15, -0.1) is 0 Å². The molecule has 0 bridgehead atoms. The second kappa shape index (κ2) is 4.68. The summed E-state index contributed by atoms with van der Waals surface area (Å²) in [6.07, 6.45) is 3.34. The molecule has 1 atom stereocenters. The summed E-state index contributed by atoms with van der Waals surface area (Å²) in [5.41, 5.74) is 0. The third-order valence-electron chi connectivity index (χ3n) is 2.23. The van der Waals surface area contributed by atoms with Crippen LogP contribution in [0.5, 0.6) is 0 Å². The molecule has 0 saturated heterocycles. The molecule has 80 valence electrons. The van der Waals surface area contributed by atoms with Crippen LogP contribution in [0.2, 0.25) is 0 Å². The van der Waals surface area contributed by atoms with Crippen LogP contribution in [0.3, 0.4) is 0 Å². The van der Waals surface area contributed by atoms with Crippen molar-refractivity contribution < 1.29 is 8.83 Å². The summed E-state index contributed by atoms with van der Waals surface area (Å²) >= 11 is 3.41. The van der Waals surface area contributed by atoms with Gasteiger partial charge in [-0.3, -0.25) is 0 Å². The largest absolute Gasteiger partial charge is 0.468 e. The second-order valence-corrected chi connectivity index (χ2v) is 4.16. The zero-order valence-corrected chi connectivity index (χ0v) is 9.95. The topological polar surface area (TPSA) is 38.3 Å². The fraction of sp³-hybridized carbons (Fsp3) is 0.273. The van der Waals surface area contributed by atoms with Crippen LogP contribution in [0.4, 0.5) is 0 Å². The van der Waals surface area contributed by atoms with Gasteiger partial charge < -0.3 is 14.2 Å². The summed E-state index contributed by atoms with van der Waals surface area (Å²) < 4.78 is 11.6. The molecule has 0 unspecified atom stereocenters. The van der Waals surface area contributed by atoms with Gasteiger partial charge in [-0.05, 0) is 41.1 Å². The van der Waals surface area contributed by atoms with Crippen molar-refractivity contribution >= 4 is 15.9 Å². The minimum Gasteiger partial charge on any atom is -0.468 e. The van der Waals surface area contributed by atoms with Gasteiger partial charge in [0.25, 0.3) is 0 Å². The summed E-state index contributed by atoms with van der Waals surface area (Å²) in [6, 6.07) is 5.90. The van der Waals surface area contributed by atoms with Crippen LogP contribution in [0.1, 0.15) is 24.5 Å². The highest BCUT2D eigenvalue weighted by atomic mass is 79.9. The van der Waals surface area contributed by atoms with Gasteiger partial charge in [0.05, 0.1) is 29.6 Å². The Morgan fingerprint density at radius 2 is 2.20 bits per heavy atom. The number of furan rings is 2. The molecule has 4 heteroatoms. The van der Waals surface area contributed by atoms with Crippen LogP contribution in [0, 0.1) is 0 Å². The summed E-state index contributed by atoms with van der Waals surface area (Å²) in [4.78, 5) is 0. The SMILES string of the molecule is C[C@H](NCc1occc1Br)c1ccco1. The molecule has 0 saturated carbocycles. The molecule has 0 spiro atoms. The van der Waals surface area contributed by atoms with E-state index in [1.54, 1.807) is 12.5 Å². The number of hydrogen-bond donors (Lipinski definition) is 1. The number of halogens is 1. The van der Waals surface area contributed by atoms with Crippen molar-refractivity contribution in [2.45, 2.75) is 19.5 Å². The molecule has 0 amide bonds. The van der Waals surface area contributed by atoms with Crippen molar-refractivity contribution in [3.05, 3.63) is 46.7 Å². The maximum atomic E-state index is 5.29. The first-order valence-electron chi connectivity index (χ1n) is 4.76. The van der Waals surface area contributed by atoms with Crippen molar-refractivity contribution in [2.24, 2.45) is 0 Å². The van der Waals surface area contributed by atoms with Crippen molar-refractivity contribution in [3.8, 4) is 0 Å². The summed E-state index contributed by atoms with van der Waals surface area (Å²) in [6.45, 7) is 2.73. The van der Waals surface area contributed by atoms with Gasteiger partial charge >= 0.3 is 0 Å². The van der Waals surface area contributed by atoms with Crippen LogP contribution < -0.4 is 5.32 Å².